The number of aryl methyl sites for hydroxylation is 2. The molecule has 0 saturated carbocycles. The molecule has 0 unspecified atom stereocenters. The molecule has 1 atom stereocenters. The topological polar surface area (TPSA) is 61.8 Å². The van der Waals surface area contributed by atoms with Gasteiger partial charge < -0.3 is 5.32 Å². The molecule has 2 aromatic rings. The van der Waals surface area contributed by atoms with Crippen LogP contribution >= 0.6 is 11.8 Å². The Morgan fingerprint density at radius 3 is 2.43 bits per heavy atom. The average molecular weight is 424 g/mol. The van der Waals surface area contributed by atoms with E-state index in [9.17, 15) is 9.59 Å². The van der Waals surface area contributed by atoms with E-state index in [1.165, 1.54) is 11.8 Å². The molecule has 1 aliphatic heterocycles. The van der Waals surface area contributed by atoms with Crippen molar-refractivity contribution in [3.05, 3.63) is 59.7 Å². The molecule has 3 rings (SSSR count). The van der Waals surface area contributed by atoms with Crippen LogP contribution in [0.2, 0.25) is 0 Å². The molecular formula is C24H29N3O2S. The van der Waals surface area contributed by atoms with Gasteiger partial charge in [0.1, 0.15) is 5.25 Å². The summed E-state index contributed by atoms with van der Waals surface area (Å²) in [4.78, 5) is 32.2. The van der Waals surface area contributed by atoms with E-state index in [4.69, 9.17) is 4.99 Å². The number of hydrogen-bond donors (Lipinski definition) is 1. The van der Waals surface area contributed by atoms with Gasteiger partial charge in [-0.1, -0.05) is 67.9 Å². The Kier molecular flexibility index (Phi) is 7.69. The zero-order chi connectivity index (χ0) is 21.5. The lowest BCUT2D eigenvalue weighted by Crippen LogP contribution is -2.34. The van der Waals surface area contributed by atoms with Crippen molar-refractivity contribution < 1.29 is 9.59 Å². The van der Waals surface area contributed by atoms with Gasteiger partial charge in [-0.25, -0.2) is 4.99 Å². The summed E-state index contributed by atoms with van der Waals surface area (Å²) in [6.45, 7) is 6.72. The number of carbonyl (C=O) groups is 2. The van der Waals surface area contributed by atoms with Gasteiger partial charge in [-0.05, 0) is 43.5 Å². The van der Waals surface area contributed by atoms with Crippen molar-refractivity contribution in [3.63, 3.8) is 0 Å². The molecule has 1 aliphatic rings. The molecule has 5 nitrogen and oxygen atoms in total. The summed E-state index contributed by atoms with van der Waals surface area (Å²) in [5, 5.41) is 3.24. The molecule has 0 bridgehead atoms. The van der Waals surface area contributed by atoms with Crippen molar-refractivity contribution >= 4 is 40.1 Å². The van der Waals surface area contributed by atoms with Gasteiger partial charge in [0, 0.05) is 18.7 Å². The number of nitrogens with one attached hydrogen (secondary N) is 1. The van der Waals surface area contributed by atoms with Gasteiger partial charge in [-0.3, -0.25) is 14.5 Å². The smallest absolute Gasteiger partial charge is 0.242 e. The van der Waals surface area contributed by atoms with E-state index in [1.54, 1.807) is 4.90 Å². The molecule has 2 aromatic carbocycles. The Labute approximate surface area is 183 Å². The van der Waals surface area contributed by atoms with Crippen LogP contribution in [0, 0.1) is 13.8 Å². The van der Waals surface area contributed by atoms with E-state index in [-0.39, 0.29) is 18.2 Å². The van der Waals surface area contributed by atoms with Crippen LogP contribution in [0.15, 0.2) is 53.5 Å². The van der Waals surface area contributed by atoms with Gasteiger partial charge in [0.05, 0.1) is 5.69 Å². The van der Waals surface area contributed by atoms with Crippen LogP contribution in [0.5, 0.6) is 0 Å². The first kappa shape index (κ1) is 22.1. The molecule has 0 aliphatic carbocycles. The van der Waals surface area contributed by atoms with E-state index in [2.05, 4.69) is 12.2 Å². The second-order valence-corrected chi connectivity index (χ2v) is 8.72. The fraction of sp³-hybridized carbons (Fsp3) is 0.375. The lowest BCUT2D eigenvalue weighted by atomic mass is 10.1. The van der Waals surface area contributed by atoms with Crippen molar-refractivity contribution in [3.8, 4) is 0 Å². The van der Waals surface area contributed by atoms with Crippen molar-refractivity contribution in [2.45, 2.75) is 51.7 Å². The zero-order valence-corrected chi connectivity index (χ0v) is 18.7. The second-order valence-electron chi connectivity index (χ2n) is 7.55. The third-order valence-corrected chi connectivity index (χ3v) is 6.28. The van der Waals surface area contributed by atoms with Crippen molar-refractivity contribution in [1.82, 2.24) is 4.90 Å². The summed E-state index contributed by atoms with van der Waals surface area (Å²) < 4.78 is 0. The monoisotopic (exact) mass is 423 g/mol. The standard InChI is InChI=1S/C24H29N3O2S/c1-4-5-9-15-27-23(29)20(30-24(27)25-19-13-7-6-8-14-19)16-21(28)26-22-17(2)11-10-12-18(22)3/h6-8,10-14,20H,4-5,9,15-16H2,1-3H3,(H,26,28)/t20-/m1/s1. The molecule has 6 heteroatoms. The first-order chi connectivity index (χ1) is 14.5. The molecular weight excluding hydrogens is 394 g/mol. The number of hydrogen-bond acceptors (Lipinski definition) is 4. The minimum absolute atomic E-state index is 0.0255. The van der Waals surface area contributed by atoms with Crippen molar-refractivity contribution in [2.75, 3.05) is 11.9 Å². The van der Waals surface area contributed by atoms with Crippen LogP contribution in [0.1, 0.15) is 43.7 Å². The number of nitrogens with zero attached hydrogens (tertiary/aromatic N) is 2. The molecule has 0 aromatic heterocycles. The third kappa shape index (κ3) is 5.51. The molecule has 1 N–H and O–H groups in total. The highest BCUT2D eigenvalue weighted by Gasteiger charge is 2.38. The second kappa shape index (κ2) is 10.4. The van der Waals surface area contributed by atoms with E-state index in [1.807, 2.05) is 62.4 Å². The normalized spacial score (nSPS) is 17.6. The molecule has 1 heterocycles. The molecule has 1 fully saturated rings. The molecule has 1 saturated heterocycles. The van der Waals surface area contributed by atoms with E-state index in [0.717, 1.165) is 41.8 Å². The number of aliphatic imine (C=N–C) groups is 1. The lowest BCUT2D eigenvalue weighted by molar-refractivity contribution is -0.128. The maximum absolute atomic E-state index is 13.1. The highest BCUT2D eigenvalue weighted by molar-refractivity contribution is 8.15. The Balaban J connectivity index is 1.74. The van der Waals surface area contributed by atoms with E-state index < -0.39 is 5.25 Å². The van der Waals surface area contributed by atoms with Gasteiger partial charge in [-0.15, -0.1) is 0 Å². The van der Waals surface area contributed by atoms with Crippen LogP contribution in [0.25, 0.3) is 0 Å². The minimum atomic E-state index is -0.446. The SMILES string of the molecule is CCCCCN1C(=O)[C@@H](CC(=O)Nc2c(C)cccc2C)SC1=Nc1ccccc1. The zero-order valence-electron chi connectivity index (χ0n) is 17.9. The summed E-state index contributed by atoms with van der Waals surface area (Å²) in [5.74, 6) is -0.171. The first-order valence-corrected chi connectivity index (χ1v) is 11.4. The Morgan fingerprint density at radius 2 is 1.77 bits per heavy atom. The fourth-order valence-electron chi connectivity index (χ4n) is 3.43. The summed E-state index contributed by atoms with van der Waals surface area (Å²) >= 11 is 1.39. The highest BCUT2D eigenvalue weighted by atomic mass is 32.2. The predicted octanol–water partition coefficient (Wildman–Crippen LogP) is 5.45. The number of rotatable bonds is 8. The fourth-order valence-corrected chi connectivity index (χ4v) is 4.62. The Morgan fingerprint density at radius 1 is 1.07 bits per heavy atom. The maximum Gasteiger partial charge on any atom is 0.242 e. The first-order valence-electron chi connectivity index (χ1n) is 10.5. The van der Waals surface area contributed by atoms with Crippen LogP contribution in [-0.4, -0.2) is 33.7 Å². The summed E-state index contributed by atoms with van der Waals surface area (Å²) in [6.07, 6.45) is 3.21. The third-order valence-electron chi connectivity index (χ3n) is 5.10. The van der Waals surface area contributed by atoms with E-state index >= 15 is 0 Å². The summed E-state index contributed by atoms with van der Waals surface area (Å²) in [6, 6.07) is 15.5. The number of thioether (sulfide) groups is 1. The van der Waals surface area contributed by atoms with Gasteiger partial charge in [-0.2, -0.15) is 0 Å². The number of amidine groups is 1. The van der Waals surface area contributed by atoms with Gasteiger partial charge in [0.2, 0.25) is 11.8 Å². The van der Waals surface area contributed by atoms with E-state index in [0.29, 0.717) is 11.7 Å². The molecule has 0 radical (unpaired) electrons. The predicted molar refractivity (Wildman–Crippen MR) is 125 cm³/mol. The van der Waals surface area contributed by atoms with Crippen LogP contribution in [0.3, 0.4) is 0 Å². The molecule has 30 heavy (non-hydrogen) atoms. The number of anilines is 1. The number of carbonyl (C=O) groups excluding carboxylic acids is 2. The van der Waals surface area contributed by atoms with Crippen molar-refractivity contribution in [2.24, 2.45) is 4.99 Å². The largest absolute Gasteiger partial charge is 0.326 e. The summed E-state index contributed by atoms with van der Waals surface area (Å²) in [5.41, 5.74) is 3.67. The molecule has 158 valence electrons. The average Bonchev–Trinajstić information content (AvgIpc) is 3.00. The minimum Gasteiger partial charge on any atom is -0.326 e. The Bertz CT molecular complexity index is 907. The van der Waals surface area contributed by atoms with Crippen molar-refractivity contribution in [1.29, 1.82) is 0 Å². The van der Waals surface area contributed by atoms with Crippen LogP contribution < -0.4 is 5.32 Å². The molecule has 2 amide bonds. The van der Waals surface area contributed by atoms with Gasteiger partial charge in [0.25, 0.3) is 0 Å². The lowest BCUT2D eigenvalue weighted by Gasteiger charge is -2.16. The number of benzene rings is 2. The molecule has 0 spiro atoms. The number of amides is 2. The number of para-hydroxylation sites is 2. The van der Waals surface area contributed by atoms with Crippen LogP contribution in [0.4, 0.5) is 11.4 Å². The maximum atomic E-state index is 13.1. The Hall–Kier alpha value is -2.60. The quantitative estimate of drug-likeness (QED) is 0.574. The summed E-state index contributed by atoms with van der Waals surface area (Å²) in [7, 11) is 0. The van der Waals surface area contributed by atoms with Crippen LogP contribution in [-0.2, 0) is 9.59 Å². The number of unbranched alkanes of at least 4 members (excludes halogenated alkanes) is 2. The van der Waals surface area contributed by atoms with Gasteiger partial charge >= 0.3 is 0 Å². The van der Waals surface area contributed by atoms with Gasteiger partial charge in [0.15, 0.2) is 5.17 Å². The highest BCUT2D eigenvalue weighted by Crippen LogP contribution is 2.32.